The summed E-state index contributed by atoms with van der Waals surface area (Å²) in [7, 11) is 0. The number of nitrogens with one attached hydrogen (secondary N) is 2. The molecular formula is C23H32ClN5O3. The molecule has 2 N–H and O–H groups in total. The van der Waals surface area contributed by atoms with Gasteiger partial charge in [0, 0.05) is 26.2 Å². The van der Waals surface area contributed by atoms with E-state index in [1.807, 2.05) is 12.1 Å². The van der Waals surface area contributed by atoms with Gasteiger partial charge in [0.1, 0.15) is 5.54 Å². The third-order valence-corrected chi connectivity index (χ3v) is 7.64. The van der Waals surface area contributed by atoms with Gasteiger partial charge in [-0.15, -0.1) is 0 Å². The van der Waals surface area contributed by atoms with Crippen LogP contribution >= 0.6 is 11.6 Å². The van der Waals surface area contributed by atoms with Crippen molar-refractivity contribution in [3.63, 3.8) is 0 Å². The summed E-state index contributed by atoms with van der Waals surface area (Å²) >= 11 is 6.11. The molecule has 2 heterocycles. The van der Waals surface area contributed by atoms with Gasteiger partial charge in [-0.1, -0.05) is 44.0 Å². The van der Waals surface area contributed by atoms with Crippen LogP contribution in [-0.2, 0) is 9.59 Å². The van der Waals surface area contributed by atoms with E-state index in [1.54, 1.807) is 12.1 Å². The minimum atomic E-state index is -0.756. The highest BCUT2D eigenvalue weighted by Crippen LogP contribution is 2.42. The van der Waals surface area contributed by atoms with Gasteiger partial charge in [0.15, 0.2) is 0 Å². The molecular weight excluding hydrogens is 430 g/mol. The lowest BCUT2D eigenvalue weighted by molar-refractivity contribution is -0.138. The number of anilines is 1. The number of benzene rings is 1. The molecule has 32 heavy (non-hydrogen) atoms. The number of hydrogen-bond donors (Lipinski definition) is 2. The highest BCUT2D eigenvalue weighted by molar-refractivity contribution is 6.33. The summed E-state index contributed by atoms with van der Waals surface area (Å²) in [5.41, 5.74) is -0.148. The molecule has 3 fully saturated rings. The monoisotopic (exact) mass is 461 g/mol. The Labute approximate surface area is 194 Å². The molecule has 4 rings (SSSR count). The van der Waals surface area contributed by atoms with E-state index in [-0.39, 0.29) is 36.2 Å². The maximum absolute atomic E-state index is 13.3. The molecule has 1 aromatic carbocycles. The number of para-hydroxylation sites is 1. The van der Waals surface area contributed by atoms with Crippen molar-refractivity contribution in [1.82, 2.24) is 20.0 Å². The van der Waals surface area contributed by atoms with Crippen molar-refractivity contribution in [2.45, 2.75) is 38.6 Å². The SMILES string of the molecule is CC1CCCC(C)C12NC(=O)N(CN1CCN(CC(=O)Nc3ccccc3Cl)CC1)C2=O. The third kappa shape index (κ3) is 4.36. The lowest BCUT2D eigenvalue weighted by Gasteiger charge is -2.42. The number of urea groups is 1. The van der Waals surface area contributed by atoms with Crippen LogP contribution in [0, 0.1) is 11.8 Å². The standard InChI is InChI=1S/C23H32ClN5O3/c1-16-6-5-7-17(2)23(16)21(31)29(22(32)26-23)15-28-12-10-27(11-13-28)14-20(30)25-19-9-4-3-8-18(19)24/h3-4,8-9,16-17H,5-7,10-15H2,1-2H3,(H,25,30)(H,26,32). The van der Waals surface area contributed by atoms with Crippen molar-refractivity contribution in [3.8, 4) is 0 Å². The van der Waals surface area contributed by atoms with Crippen LogP contribution in [0.2, 0.25) is 5.02 Å². The fourth-order valence-corrected chi connectivity index (χ4v) is 5.51. The number of carbonyl (C=O) groups excluding carboxylic acids is 3. The lowest BCUT2D eigenvalue weighted by atomic mass is 9.67. The van der Waals surface area contributed by atoms with E-state index in [4.69, 9.17) is 11.6 Å². The van der Waals surface area contributed by atoms with E-state index in [2.05, 4.69) is 34.3 Å². The van der Waals surface area contributed by atoms with Gasteiger partial charge in [0.2, 0.25) is 5.91 Å². The molecule has 0 bridgehead atoms. The molecule has 1 saturated carbocycles. The number of hydrogen-bond acceptors (Lipinski definition) is 5. The smallest absolute Gasteiger partial charge is 0.324 e. The van der Waals surface area contributed by atoms with Crippen LogP contribution < -0.4 is 10.6 Å². The molecule has 2 atom stereocenters. The Hall–Kier alpha value is -2.16. The lowest BCUT2D eigenvalue weighted by Crippen LogP contribution is -2.59. The molecule has 4 amide bonds. The van der Waals surface area contributed by atoms with Crippen LogP contribution in [0.15, 0.2) is 24.3 Å². The Morgan fingerprint density at radius 1 is 1.09 bits per heavy atom. The molecule has 3 aliphatic rings. The van der Waals surface area contributed by atoms with Gasteiger partial charge in [-0.3, -0.25) is 19.4 Å². The average Bonchev–Trinajstić information content (AvgIpc) is 3.01. The molecule has 1 aromatic rings. The average molecular weight is 462 g/mol. The van der Waals surface area contributed by atoms with Crippen LogP contribution in [0.25, 0.3) is 0 Å². The van der Waals surface area contributed by atoms with Crippen molar-refractivity contribution in [3.05, 3.63) is 29.3 Å². The van der Waals surface area contributed by atoms with Gasteiger partial charge in [-0.2, -0.15) is 0 Å². The van der Waals surface area contributed by atoms with Gasteiger partial charge in [-0.05, 0) is 36.8 Å². The number of imide groups is 1. The Morgan fingerprint density at radius 2 is 1.72 bits per heavy atom. The zero-order chi connectivity index (χ0) is 22.9. The first-order chi connectivity index (χ1) is 15.3. The van der Waals surface area contributed by atoms with E-state index in [0.29, 0.717) is 43.6 Å². The van der Waals surface area contributed by atoms with Crippen molar-refractivity contribution >= 4 is 35.1 Å². The number of piperazine rings is 1. The molecule has 9 heteroatoms. The molecule has 174 valence electrons. The van der Waals surface area contributed by atoms with Crippen LogP contribution in [0.1, 0.15) is 33.1 Å². The second-order valence-corrected chi connectivity index (χ2v) is 9.74. The molecule has 0 aromatic heterocycles. The summed E-state index contributed by atoms with van der Waals surface area (Å²) < 4.78 is 0. The van der Waals surface area contributed by atoms with Crippen molar-refractivity contribution in [2.75, 3.05) is 44.7 Å². The van der Waals surface area contributed by atoms with Gasteiger partial charge >= 0.3 is 6.03 Å². The molecule has 2 saturated heterocycles. The minimum Gasteiger partial charge on any atom is -0.324 e. The second kappa shape index (κ2) is 9.37. The fourth-order valence-electron chi connectivity index (χ4n) is 5.33. The predicted octanol–water partition coefficient (Wildman–Crippen LogP) is 2.60. The highest BCUT2D eigenvalue weighted by Gasteiger charge is 2.58. The quantitative estimate of drug-likeness (QED) is 0.658. The van der Waals surface area contributed by atoms with E-state index < -0.39 is 5.54 Å². The zero-order valence-electron chi connectivity index (χ0n) is 18.8. The number of carbonyl (C=O) groups is 3. The van der Waals surface area contributed by atoms with Crippen molar-refractivity contribution in [2.24, 2.45) is 11.8 Å². The highest BCUT2D eigenvalue weighted by atomic mass is 35.5. The fraction of sp³-hybridized carbons (Fsp3) is 0.609. The summed E-state index contributed by atoms with van der Waals surface area (Å²) in [5, 5.41) is 6.42. The summed E-state index contributed by atoms with van der Waals surface area (Å²) in [6, 6.07) is 6.88. The van der Waals surface area contributed by atoms with Crippen molar-refractivity contribution in [1.29, 1.82) is 0 Å². The molecule has 1 spiro atoms. The molecule has 8 nitrogen and oxygen atoms in total. The Bertz CT molecular complexity index is 876. The molecule has 2 unspecified atom stereocenters. The first-order valence-electron chi connectivity index (χ1n) is 11.4. The first kappa shape index (κ1) is 23.0. The number of rotatable bonds is 5. The summed E-state index contributed by atoms with van der Waals surface area (Å²) in [5.74, 6) is 0.0916. The van der Waals surface area contributed by atoms with Crippen molar-refractivity contribution < 1.29 is 14.4 Å². The molecule has 2 aliphatic heterocycles. The molecule has 0 radical (unpaired) electrons. The third-order valence-electron chi connectivity index (χ3n) is 7.31. The van der Waals surface area contributed by atoms with Crippen LogP contribution in [0.3, 0.4) is 0 Å². The topological polar surface area (TPSA) is 85.0 Å². The normalized spacial score (nSPS) is 29.4. The summed E-state index contributed by atoms with van der Waals surface area (Å²) in [4.78, 5) is 44.0. The Kier molecular flexibility index (Phi) is 6.74. The van der Waals surface area contributed by atoms with Crippen LogP contribution in [0.4, 0.5) is 10.5 Å². The first-order valence-corrected chi connectivity index (χ1v) is 11.8. The summed E-state index contributed by atoms with van der Waals surface area (Å²) in [6.45, 7) is 7.48. The Morgan fingerprint density at radius 3 is 2.38 bits per heavy atom. The van der Waals surface area contributed by atoms with Gasteiger partial charge in [0.25, 0.3) is 5.91 Å². The predicted molar refractivity (Wildman–Crippen MR) is 123 cm³/mol. The largest absolute Gasteiger partial charge is 0.326 e. The maximum Gasteiger partial charge on any atom is 0.326 e. The van der Waals surface area contributed by atoms with E-state index in [9.17, 15) is 14.4 Å². The number of halogens is 1. The van der Waals surface area contributed by atoms with E-state index >= 15 is 0 Å². The van der Waals surface area contributed by atoms with Gasteiger partial charge in [-0.25, -0.2) is 9.69 Å². The zero-order valence-corrected chi connectivity index (χ0v) is 19.5. The van der Waals surface area contributed by atoms with Crippen LogP contribution in [-0.4, -0.2) is 77.5 Å². The van der Waals surface area contributed by atoms with Crippen LogP contribution in [0.5, 0.6) is 0 Å². The maximum atomic E-state index is 13.3. The summed E-state index contributed by atoms with van der Waals surface area (Å²) in [6.07, 6.45) is 3.01. The Balaban J connectivity index is 1.29. The number of amides is 4. The van der Waals surface area contributed by atoms with Gasteiger partial charge < -0.3 is 10.6 Å². The second-order valence-electron chi connectivity index (χ2n) is 9.33. The molecule has 1 aliphatic carbocycles. The number of nitrogens with zero attached hydrogens (tertiary/aromatic N) is 3. The minimum absolute atomic E-state index is 0.0799. The van der Waals surface area contributed by atoms with Gasteiger partial charge in [0.05, 0.1) is 23.9 Å². The van der Waals surface area contributed by atoms with E-state index in [0.717, 1.165) is 19.3 Å². The van der Waals surface area contributed by atoms with E-state index in [1.165, 1.54) is 4.90 Å².